The first-order chi connectivity index (χ1) is 17.3. The van der Waals surface area contributed by atoms with Crippen LogP contribution in [0.15, 0.2) is 78.9 Å². The highest BCUT2D eigenvalue weighted by Crippen LogP contribution is 2.27. The molecule has 0 saturated heterocycles. The molecule has 0 aliphatic rings. The number of carbonyl (C=O) groups is 3. The Hall–Kier alpha value is -4.13. The van der Waals surface area contributed by atoms with Gasteiger partial charge in [0.15, 0.2) is 0 Å². The maximum absolute atomic E-state index is 13.3. The highest BCUT2D eigenvalue weighted by Gasteiger charge is 2.32. The molecule has 3 aromatic rings. The normalized spacial score (nSPS) is 12.4. The molecule has 7 heteroatoms. The van der Waals surface area contributed by atoms with Gasteiger partial charge in [-0.1, -0.05) is 74.0 Å². The molecule has 0 spiro atoms. The van der Waals surface area contributed by atoms with Crippen LogP contribution in [0.1, 0.15) is 48.4 Å². The van der Waals surface area contributed by atoms with E-state index in [2.05, 4.69) is 10.6 Å². The number of nitrogens with one attached hydrogen (secondary N) is 2. The maximum Gasteiger partial charge on any atom is 0.330 e. The Morgan fingerprint density at radius 3 is 2.25 bits per heavy atom. The Morgan fingerprint density at radius 2 is 1.58 bits per heavy atom. The van der Waals surface area contributed by atoms with Gasteiger partial charge in [-0.05, 0) is 44.0 Å². The molecule has 2 N–H and O–H groups in total. The number of ether oxygens (including phenoxy) is 2. The number of hydrogen-bond donors (Lipinski definition) is 2. The Morgan fingerprint density at radius 1 is 0.889 bits per heavy atom. The highest BCUT2D eigenvalue weighted by molar-refractivity contribution is 5.99. The third-order valence-corrected chi connectivity index (χ3v) is 5.51. The number of benzene rings is 3. The maximum atomic E-state index is 13.3. The molecule has 0 bridgehead atoms. The molecule has 7 nitrogen and oxygen atoms in total. The second kappa shape index (κ2) is 12.5. The molecule has 188 valence electrons. The zero-order chi connectivity index (χ0) is 26.1. The van der Waals surface area contributed by atoms with Crippen LogP contribution in [0.4, 0.5) is 5.69 Å². The molecule has 0 heterocycles. The summed E-state index contributed by atoms with van der Waals surface area (Å²) in [6.45, 7) is 7.78. The number of para-hydroxylation sites is 2. The summed E-state index contributed by atoms with van der Waals surface area (Å²) in [5.74, 6) is -1.38. The number of amides is 2. The summed E-state index contributed by atoms with van der Waals surface area (Å²) in [5.41, 5.74) is 2.34. The number of aryl methyl sites for hydroxylation is 1. The number of esters is 1. The first kappa shape index (κ1) is 26.5. The average Bonchev–Trinajstić information content (AvgIpc) is 2.87. The molecule has 0 aliphatic heterocycles. The number of hydrogen-bond acceptors (Lipinski definition) is 5. The van der Waals surface area contributed by atoms with Gasteiger partial charge in [0.2, 0.25) is 6.10 Å². The van der Waals surface area contributed by atoms with Crippen LogP contribution in [0.25, 0.3) is 0 Å². The van der Waals surface area contributed by atoms with Gasteiger partial charge in [0.05, 0.1) is 12.3 Å². The zero-order valence-electron chi connectivity index (χ0n) is 21.0. The lowest BCUT2D eigenvalue weighted by atomic mass is 10.0. The van der Waals surface area contributed by atoms with Gasteiger partial charge in [0.1, 0.15) is 11.8 Å². The second-order valence-corrected chi connectivity index (χ2v) is 8.71. The van der Waals surface area contributed by atoms with E-state index < -0.39 is 24.0 Å². The number of anilines is 1. The molecule has 2 amide bonds. The lowest BCUT2D eigenvalue weighted by molar-refractivity contribution is -0.157. The number of carbonyl (C=O) groups excluding carboxylic acids is 3. The quantitative estimate of drug-likeness (QED) is 0.389. The van der Waals surface area contributed by atoms with E-state index in [0.29, 0.717) is 29.2 Å². The van der Waals surface area contributed by atoms with Crippen LogP contribution in [-0.2, 0) is 14.3 Å². The van der Waals surface area contributed by atoms with E-state index in [1.165, 1.54) is 0 Å². The van der Waals surface area contributed by atoms with Crippen molar-refractivity contribution >= 4 is 23.5 Å². The van der Waals surface area contributed by atoms with Crippen LogP contribution in [0.5, 0.6) is 5.75 Å². The molecular weight excluding hydrogens is 456 g/mol. The third-order valence-electron chi connectivity index (χ3n) is 5.51. The van der Waals surface area contributed by atoms with Crippen molar-refractivity contribution in [2.75, 3.05) is 11.9 Å². The highest BCUT2D eigenvalue weighted by atomic mass is 16.5. The Kier molecular flexibility index (Phi) is 9.22. The minimum atomic E-state index is -1.23. The van der Waals surface area contributed by atoms with Crippen molar-refractivity contribution in [2.45, 2.75) is 39.8 Å². The third kappa shape index (κ3) is 6.95. The van der Waals surface area contributed by atoms with Gasteiger partial charge in [-0.2, -0.15) is 0 Å². The van der Waals surface area contributed by atoms with Crippen LogP contribution in [0.3, 0.4) is 0 Å². The number of rotatable bonds is 10. The SMILES string of the molecule is CCOc1ccccc1NC(=O)C(OC(=O)[C@@H](NC(=O)c1cccc(C)c1)C(C)C)c1ccccc1. The van der Waals surface area contributed by atoms with Gasteiger partial charge >= 0.3 is 5.97 Å². The molecule has 0 fully saturated rings. The first-order valence-electron chi connectivity index (χ1n) is 12.0. The van der Waals surface area contributed by atoms with Crippen molar-refractivity contribution in [3.05, 3.63) is 95.6 Å². The van der Waals surface area contributed by atoms with Crippen LogP contribution >= 0.6 is 0 Å². The lowest BCUT2D eigenvalue weighted by Crippen LogP contribution is -2.46. The summed E-state index contributed by atoms with van der Waals surface area (Å²) in [6.07, 6.45) is -1.23. The van der Waals surface area contributed by atoms with E-state index in [-0.39, 0.29) is 11.8 Å². The minimum absolute atomic E-state index is 0.274. The van der Waals surface area contributed by atoms with E-state index >= 15 is 0 Å². The topological polar surface area (TPSA) is 93.7 Å². The van der Waals surface area contributed by atoms with E-state index in [9.17, 15) is 14.4 Å². The molecule has 0 radical (unpaired) electrons. The zero-order valence-corrected chi connectivity index (χ0v) is 21.0. The van der Waals surface area contributed by atoms with E-state index in [0.717, 1.165) is 5.56 Å². The molecule has 0 saturated carbocycles. The van der Waals surface area contributed by atoms with E-state index in [1.807, 2.05) is 26.0 Å². The van der Waals surface area contributed by atoms with Crippen molar-refractivity contribution in [3.8, 4) is 5.75 Å². The van der Waals surface area contributed by atoms with Crippen molar-refractivity contribution in [3.63, 3.8) is 0 Å². The predicted molar refractivity (Wildman–Crippen MR) is 139 cm³/mol. The van der Waals surface area contributed by atoms with E-state index in [4.69, 9.17) is 9.47 Å². The van der Waals surface area contributed by atoms with Crippen LogP contribution in [-0.4, -0.2) is 30.4 Å². The minimum Gasteiger partial charge on any atom is -0.492 e. The fraction of sp³-hybridized carbons (Fsp3) is 0.276. The Balaban J connectivity index is 1.83. The second-order valence-electron chi connectivity index (χ2n) is 8.71. The van der Waals surface area contributed by atoms with Gasteiger partial charge in [0.25, 0.3) is 11.8 Å². The molecule has 1 unspecified atom stereocenters. The molecule has 2 atom stereocenters. The van der Waals surface area contributed by atoms with Crippen LogP contribution < -0.4 is 15.4 Å². The summed E-state index contributed by atoms with van der Waals surface area (Å²) in [6, 6.07) is 21.9. The summed E-state index contributed by atoms with van der Waals surface area (Å²) in [4.78, 5) is 39.5. The van der Waals surface area contributed by atoms with Crippen LogP contribution in [0, 0.1) is 12.8 Å². The molecule has 3 rings (SSSR count). The summed E-state index contributed by atoms with van der Waals surface area (Å²) < 4.78 is 11.3. The largest absolute Gasteiger partial charge is 0.492 e. The van der Waals surface area contributed by atoms with Gasteiger partial charge in [-0.15, -0.1) is 0 Å². The summed E-state index contributed by atoms with van der Waals surface area (Å²) >= 11 is 0. The smallest absolute Gasteiger partial charge is 0.330 e. The molecule has 0 aliphatic carbocycles. The van der Waals surface area contributed by atoms with E-state index in [1.54, 1.807) is 80.6 Å². The lowest BCUT2D eigenvalue weighted by Gasteiger charge is -2.25. The van der Waals surface area contributed by atoms with Crippen molar-refractivity contribution in [2.24, 2.45) is 5.92 Å². The van der Waals surface area contributed by atoms with Crippen molar-refractivity contribution in [1.29, 1.82) is 0 Å². The fourth-order valence-corrected chi connectivity index (χ4v) is 3.65. The standard InChI is InChI=1S/C29H32N2O5/c1-5-35-24-17-10-9-16-23(24)30-28(33)26(21-13-7-6-8-14-21)36-29(34)25(19(2)3)31-27(32)22-15-11-12-20(4)18-22/h6-19,25-26H,5H2,1-4H3,(H,30,33)(H,31,32)/t25-,26?/m0/s1. The van der Waals surface area contributed by atoms with Crippen molar-refractivity contribution < 1.29 is 23.9 Å². The summed E-state index contributed by atoms with van der Waals surface area (Å²) in [7, 11) is 0. The molecular formula is C29H32N2O5. The summed E-state index contributed by atoms with van der Waals surface area (Å²) in [5, 5.41) is 5.58. The Labute approximate surface area is 211 Å². The molecule has 36 heavy (non-hydrogen) atoms. The van der Waals surface area contributed by atoms with Crippen molar-refractivity contribution in [1.82, 2.24) is 5.32 Å². The monoisotopic (exact) mass is 488 g/mol. The molecule has 3 aromatic carbocycles. The van der Waals surface area contributed by atoms with Gasteiger partial charge in [0, 0.05) is 11.1 Å². The van der Waals surface area contributed by atoms with Gasteiger partial charge in [-0.25, -0.2) is 4.79 Å². The molecule has 0 aromatic heterocycles. The Bertz CT molecular complexity index is 1190. The van der Waals surface area contributed by atoms with Crippen LogP contribution in [0.2, 0.25) is 0 Å². The first-order valence-corrected chi connectivity index (χ1v) is 12.0. The average molecular weight is 489 g/mol. The van der Waals surface area contributed by atoms with Gasteiger partial charge < -0.3 is 20.1 Å². The van der Waals surface area contributed by atoms with Gasteiger partial charge in [-0.3, -0.25) is 9.59 Å². The fourth-order valence-electron chi connectivity index (χ4n) is 3.65. The predicted octanol–water partition coefficient (Wildman–Crippen LogP) is 5.07.